The Morgan fingerprint density at radius 1 is 1.46 bits per heavy atom. The standard InChI is InChI=1S/C16H16Cl2N2O3S/c1-16(2)6-9-4-8(5-11(22-3)12(9)23-16)10-7-24-15(19-10)20-14(21)13(17)18/h4-5,7,13H,6H2,1-3H3,(H,19,20,21). The molecule has 2 aromatic rings. The molecular formula is C16H16Cl2N2O3S. The summed E-state index contributed by atoms with van der Waals surface area (Å²) in [7, 11) is 1.61. The van der Waals surface area contributed by atoms with E-state index in [4.69, 9.17) is 32.7 Å². The molecule has 0 saturated carbocycles. The smallest absolute Gasteiger partial charge is 0.259 e. The normalized spacial score (nSPS) is 15.1. The van der Waals surface area contributed by atoms with Gasteiger partial charge in [-0.2, -0.15) is 0 Å². The Kier molecular flexibility index (Phi) is 4.64. The Bertz CT molecular complexity index is 790. The minimum Gasteiger partial charge on any atom is -0.493 e. The molecule has 3 rings (SSSR count). The molecule has 0 aliphatic carbocycles. The molecular weight excluding hydrogens is 371 g/mol. The van der Waals surface area contributed by atoms with Crippen LogP contribution in [0.2, 0.25) is 0 Å². The molecule has 0 fully saturated rings. The number of nitrogens with one attached hydrogen (secondary N) is 1. The van der Waals surface area contributed by atoms with Crippen LogP contribution in [-0.2, 0) is 11.2 Å². The molecule has 0 saturated heterocycles. The van der Waals surface area contributed by atoms with Gasteiger partial charge >= 0.3 is 0 Å². The van der Waals surface area contributed by atoms with Crippen molar-refractivity contribution in [3.05, 3.63) is 23.1 Å². The van der Waals surface area contributed by atoms with E-state index in [2.05, 4.69) is 10.3 Å². The summed E-state index contributed by atoms with van der Waals surface area (Å²) in [6.45, 7) is 4.08. The lowest BCUT2D eigenvalue weighted by atomic mass is 9.99. The molecule has 5 nitrogen and oxygen atoms in total. The molecule has 128 valence electrons. The third-order valence-corrected chi connectivity index (χ3v) is 4.73. The SMILES string of the molecule is COc1cc(-c2csc(NC(=O)C(Cl)Cl)n2)cc2c1OC(C)(C)C2. The fraction of sp³-hybridized carbons (Fsp3) is 0.375. The monoisotopic (exact) mass is 386 g/mol. The fourth-order valence-corrected chi connectivity index (χ4v) is 3.43. The number of fused-ring (bicyclic) bond motifs is 1. The van der Waals surface area contributed by atoms with Gasteiger partial charge in [-0.3, -0.25) is 10.1 Å². The molecule has 0 atom stereocenters. The molecule has 1 aromatic heterocycles. The highest BCUT2D eigenvalue weighted by atomic mass is 35.5. The fourth-order valence-electron chi connectivity index (χ4n) is 2.60. The van der Waals surface area contributed by atoms with Gasteiger partial charge in [0.05, 0.1) is 12.8 Å². The van der Waals surface area contributed by atoms with Crippen LogP contribution in [0, 0.1) is 0 Å². The average Bonchev–Trinajstić information content (AvgIpc) is 3.08. The highest BCUT2D eigenvalue weighted by molar-refractivity contribution is 7.14. The predicted molar refractivity (Wildman–Crippen MR) is 96.6 cm³/mol. The van der Waals surface area contributed by atoms with Gasteiger partial charge in [-0.1, -0.05) is 23.2 Å². The molecule has 1 amide bonds. The lowest BCUT2D eigenvalue weighted by Gasteiger charge is -2.17. The number of anilines is 1. The second-order valence-corrected chi connectivity index (χ2v) is 7.99. The number of ether oxygens (including phenoxy) is 2. The first-order valence-corrected chi connectivity index (χ1v) is 8.99. The molecule has 0 unspecified atom stereocenters. The third kappa shape index (κ3) is 3.45. The number of thiazole rings is 1. The molecule has 24 heavy (non-hydrogen) atoms. The number of aromatic nitrogens is 1. The van der Waals surface area contributed by atoms with Gasteiger partial charge in [-0.25, -0.2) is 4.98 Å². The number of rotatable bonds is 4. The van der Waals surface area contributed by atoms with Gasteiger partial charge in [-0.15, -0.1) is 11.3 Å². The number of alkyl halides is 2. The first kappa shape index (κ1) is 17.3. The molecule has 2 heterocycles. The number of methoxy groups -OCH3 is 1. The predicted octanol–water partition coefficient (Wildman–Crippen LogP) is 4.27. The van der Waals surface area contributed by atoms with Gasteiger partial charge in [0.1, 0.15) is 5.60 Å². The maximum atomic E-state index is 11.5. The van der Waals surface area contributed by atoms with Gasteiger partial charge < -0.3 is 9.47 Å². The van der Waals surface area contributed by atoms with Crippen molar-refractivity contribution in [3.8, 4) is 22.8 Å². The van der Waals surface area contributed by atoms with E-state index in [1.165, 1.54) is 11.3 Å². The van der Waals surface area contributed by atoms with Crippen LogP contribution < -0.4 is 14.8 Å². The maximum Gasteiger partial charge on any atom is 0.259 e. The quantitative estimate of drug-likeness (QED) is 0.796. The Morgan fingerprint density at radius 3 is 2.88 bits per heavy atom. The van der Waals surface area contributed by atoms with Crippen molar-refractivity contribution in [2.45, 2.75) is 30.7 Å². The average molecular weight is 387 g/mol. The lowest BCUT2D eigenvalue weighted by Crippen LogP contribution is -2.24. The van der Waals surface area contributed by atoms with Crippen molar-refractivity contribution in [3.63, 3.8) is 0 Å². The molecule has 0 spiro atoms. The molecule has 0 radical (unpaired) electrons. The molecule has 1 aromatic carbocycles. The number of carbonyl (C=O) groups is 1. The number of halogens is 2. The molecule has 1 aliphatic rings. The topological polar surface area (TPSA) is 60.5 Å². The van der Waals surface area contributed by atoms with Gasteiger partial charge in [0.15, 0.2) is 21.5 Å². The van der Waals surface area contributed by atoms with Gasteiger partial charge in [0.2, 0.25) is 0 Å². The van der Waals surface area contributed by atoms with E-state index in [9.17, 15) is 4.79 Å². The first-order chi connectivity index (χ1) is 11.3. The van der Waals surface area contributed by atoms with Crippen LogP contribution in [0.15, 0.2) is 17.5 Å². The van der Waals surface area contributed by atoms with Crippen molar-refractivity contribution in [2.75, 3.05) is 12.4 Å². The Balaban J connectivity index is 1.91. The van der Waals surface area contributed by atoms with Crippen molar-refractivity contribution in [2.24, 2.45) is 0 Å². The van der Waals surface area contributed by atoms with Crippen molar-refractivity contribution in [1.82, 2.24) is 4.98 Å². The van der Waals surface area contributed by atoms with Crippen LogP contribution in [0.4, 0.5) is 5.13 Å². The van der Waals surface area contributed by atoms with Crippen molar-refractivity contribution >= 4 is 45.6 Å². The van der Waals surface area contributed by atoms with Crippen LogP contribution in [-0.4, -0.2) is 28.4 Å². The van der Waals surface area contributed by atoms with E-state index in [1.807, 2.05) is 31.4 Å². The molecule has 1 N–H and O–H groups in total. The Hall–Kier alpha value is -1.50. The van der Waals surface area contributed by atoms with Crippen molar-refractivity contribution < 1.29 is 14.3 Å². The number of benzene rings is 1. The van der Waals surface area contributed by atoms with E-state index < -0.39 is 10.7 Å². The highest BCUT2D eigenvalue weighted by Crippen LogP contribution is 2.44. The van der Waals surface area contributed by atoms with Crippen molar-refractivity contribution in [1.29, 1.82) is 0 Å². The van der Waals surface area contributed by atoms with E-state index in [0.717, 1.165) is 29.0 Å². The third-order valence-electron chi connectivity index (χ3n) is 3.57. The van der Waals surface area contributed by atoms with Crippen LogP contribution in [0.1, 0.15) is 19.4 Å². The summed E-state index contributed by atoms with van der Waals surface area (Å²) in [4.78, 5) is 14.8. The van der Waals surface area contributed by atoms with Gasteiger partial charge in [0, 0.05) is 22.9 Å². The summed E-state index contributed by atoms with van der Waals surface area (Å²) in [6.07, 6.45) is 0.792. The minimum atomic E-state index is -1.13. The summed E-state index contributed by atoms with van der Waals surface area (Å²) >= 11 is 12.4. The summed E-state index contributed by atoms with van der Waals surface area (Å²) in [5, 5.41) is 4.87. The number of carbonyl (C=O) groups excluding carboxylic acids is 1. The number of nitrogens with zero attached hydrogens (tertiary/aromatic N) is 1. The summed E-state index contributed by atoms with van der Waals surface area (Å²) < 4.78 is 11.4. The molecule has 0 bridgehead atoms. The van der Waals surface area contributed by atoms with Gasteiger partial charge in [-0.05, 0) is 26.0 Å². The largest absolute Gasteiger partial charge is 0.493 e. The van der Waals surface area contributed by atoms with Crippen LogP contribution in [0.3, 0.4) is 0 Å². The highest BCUT2D eigenvalue weighted by Gasteiger charge is 2.33. The maximum absolute atomic E-state index is 11.5. The number of amides is 1. The molecule has 8 heteroatoms. The molecule has 1 aliphatic heterocycles. The zero-order valence-electron chi connectivity index (χ0n) is 13.4. The van der Waals surface area contributed by atoms with E-state index >= 15 is 0 Å². The summed E-state index contributed by atoms with van der Waals surface area (Å²) in [5.41, 5.74) is 2.46. The number of hydrogen-bond donors (Lipinski definition) is 1. The first-order valence-electron chi connectivity index (χ1n) is 7.24. The van der Waals surface area contributed by atoms with Crippen LogP contribution >= 0.6 is 34.5 Å². The van der Waals surface area contributed by atoms with Gasteiger partial charge in [0.25, 0.3) is 5.91 Å². The lowest BCUT2D eigenvalue weighted by molar-refractivity contribution is -0.114. The Labute approximate surface area is 153 Å². The second kappa shape index (κ2) is 6.43. The summed E-state index contributed by atoms with van der Waals surface area (Å²) in [5.74, 6) is 0.955. The second-order valence-electron chi connectivity index (χ2n) is 6.03. The van der Waals surface area contributed by atoms with E-state index in [-0.39, 0.29) is 5.60 Å². The van der Waals surface area contributed by atoms with Crippen LogP contribution in [0.25, 0.3) is 11.3 Å². The zero-order chi connectivity index (χ0) is 17.5. The number of hydrogen-bond acceptors (Lipinski definition) is 5. The van der Waals surface area contributed by atoms with E-state index in [1.54, 1.807) is 7.11 Å². The van der Waals surface area contributed by atoms with Crippen LogP contribution in [0.5, 0.6) is 11.5 Å². The Morgan fingerprint density at radius 2 is 2.21 bits per heavy atom. The minimum absolute atomic E-state index is 0.259. The zero-order valence-corrected chi connectivity index (χ0v) is 15.7. The van der Waals surface area contributed by atoms with E-state index in [0.29, 0.717) is 10.9 Å². The summed E-state index contributed by atoms with van der Waals surface area (Å²) in [6, 6.07) is 3.92.